The zero-order chi connectivity index (χ0) is 16.7. The van der Waals surface area contributed by atoms with Crippen molar-refractivity contribution < 1.29 is 9.59 Å². The van der Waals surface area contributed by atoms with Crippen LogP contribution in [0.25, 0.3) is 0 Å². The molecular weight excluding hydrogens is 308 g/mol. The summed E-state index contributed by atoms with van der Waals surface area (Å²) in [7, 11) is 0. The van der Waals surface area contributed by atoms with Gasteiger partial charge in [-0.25, -0.2) is 0 Å². The van der Waals surface area contributed by atoms with Crippen molar-refractivity contribution in [2.24, 2.45) is 0 Å². The van der Waals surface area contributed by atoms with Crippen molar-refractivity contribution in [3.63, 3.8) is 0 Å². The van der Waals surface area contributed by atoms with Crippen LogP contribution < -0.4 is 10.6 Å². The molecule has 0 bridgehead atoms. The van der Waals surface area contributed by atoms with E-state index in [4.69, 9.17) is 0 Å². The van der Waals surface area contributed by atoms with Crippen LogP contribution in [0.1, 0.15) is 48.5 Å². The maximum atomic E-state index is 11.9. The highest BCUT2D eigenvalue weighted by molar-refractivity contribution is 7.08. The molecule has 0 saturated carbocycles. The summed E-state index contributed by atoms with van der Waals surface area (Å²) in [4.78, 5) is 23.6. The third-order valence-electron chi connectivity index (χ3n) is 3.51. The number of thiophene rings is 1. The summed E-state index contributed by atoms with van der Waals surface area (Å²) in [5, 5.41) is 9.36. The van der Waals surface area contributed by atoms with Crippen LogP contribution in [0.5, 0.6) is 0 Å². The first-order chi connectivity index (χ1) is 11.1. The molecule has 2 amide bonds. The maximum Gasteiger partial charge on any atom is 0.252 e. The van der Waals surface area contributed by atoms with Gasteiger partial charge in [0.15, 0.2) is 0 Å². The lowest BCUT2D eigenvalue weighted by Crippen LogP contribution is -2.25. The Bertz CT molecular complexity index is 634. The van der Waals surface area contributed by atoms with Gasteiger partial charge in [-0.15, -0.1) is 0 Å². The molecule has 4 nitrogen and oxygen atoms in total. The van der Waals surface area contributed by atoms with Gasteiger partial charge in [0.05, 0.1) is 0 Å². The average Bonchev–Trinajstić information content (AvgIpc) is 3.06. The third kappa shape index (κ3) is 5.53. The zero-order valence-electron chi connectivity index (χ0n) is 13.5. The molecular formula is C18H22N2O2S. The van der Waals surface area contributed by atoms with E-state index in [1.54, 1.807) is 6.07 Å². The van der Waals surface area contributed by atoms with E-state index in [0.717, 1.165) is 5.69 Å². The average molecular weight is 330 g/mol. The summed E-state index contributed by atoms with van der Waals surface area (Å²) in [6.45, 7) is 4.77. The fourth-order valence-corrected chi connectivity index (χ4v) is 2.76. The number of carbonyl (C=O) groups is 2. The highest BCUT2D eigenvalue weighted by Gasteiger charge is 2.06. The van der Waals surface area contributed by atoms with Crippen molar-refractivity contribution in [1.82, 2.24) is 5.32 Å². The van der Waals surface area contributed by atoms with Crippen molar-refractivity contribution in [1.29, 1.82) is 0 Å². The largest absolute Gasteiger partial charge is 0.352 e. The van der Waals surface area contributed by atoms with Crippen molar-refractivity contribution in [2.75, 3.05) is 11.9 Å². The summed E-state index contributed by atoms with van der Waals surface area (Å²) < 4.78 is 0. The molecule has 0 aliphatic carbocycles. The number of anilines is 1. The molecule has 122 valence electrons. The topological polar surface area (TPSA) is 58.2 Å². The van der Waals surface area contributed by atoms with Crippen LogP contribution in [0.15, 0.2) is 41.1 Å². The van der Waals surface area contributed by atoms with E-state index in [1.165, 1.54) is 16.9 Å². The molecule has 0 aliphatic rings. The van der Waals surface area contributed by atoms with Gasteiger partial charge in [-0.2, -0.15) is 11.3 Å². The van der Waals surface area contributed by atoms with E-state index in [9.17, 15) is 9.59 Å². The summed E-state index contributed by atoms with van der Waals surface area (Å²) in [5.41, 5.74) is 2.73. The van der Waals surface area contributed by atoms with Gasteiger partial charge in [0.25, 0.3) is 5.91 Å². The summed E-state index contributed by atoms with van der Waals surface area (Å²) in [5.74, 6) is 0.356. The predicted molar refractivity (Wildman–Crippen MR) is 95.0 cm³/mol. The van der Waals surface area contributed by atoms with E-state index in [2.05, 4.69) is 24.5 Å². The second-order valence-corrected chi connectivity index (χ2v) is 6.48. The molecule has 1 aromatic carbocycles. The number of hydrogen-bond donors (Lipinski definition) is 2. The van der Waals surface area contributed by atoms with E-state index in [1.807, 2.05) is 35.0 Å². The smallest absolute Gasteiger partial charge is 0.252 e. The molecule has 2 N–H and O–H groups in total. The van der Waals surface area contributed by atoms with Crippen molar-refractivity contribution in [3.05, 3.63) is 52.2 Å². The van der Waals surface area contributed by atoms with Crippen LogP contribution in [-0.2, 0) is 4.79 Å². The Labute approximate surface area is 140 Å². The molecule has 0 atom stereocenters. The molecule has 1 aromatic heterocycles. The minimum Gasteiger partial charge on any atom is -0.352 e. The van der Waals surface area contributed by atoms with Gasteiger partial charge in [-0.05, 0) is 41.5 Å². The first-order valence-corrected chi connectivity index (χ1v) is 8.70. The SMILES string of the molecule is CC(C)c1ccc(NC(=O)CCCNC(=O)c2ccsc2)cc1. The molecule has 2 rings (SSSR count). The van der Waals surface area contributed by atoms with Gasteiger partial charge in [0.2, 0.25) is 5.91 Å². The summed E-state index contributed by atoms with van der Waals surface area (Å²) in [6, 6.07) is 9.69. The highest BCUT2D eigenvalue weighted by atomic mass is 32.1. The zero-order valence-corrected chi connectivity index (χ0v) is 14.3. The van der Waals surface area contributed by atoms with Gasteiger partial charge in [0.1, 0.15) is 0 Å². The van der Waals surface area contributed by atoms with Gasteiger partial charge < -0.3 is 10.6 Å². The minimum absolute atomic E-state index is 0.0351. The Balaban J connectivity index is 1.68. The number of nitrogens with one attached hydrogen (secondary N) is 2. The first kappa shape index (κ1) is 17.2. The molecule has 0 radical (unpaired) electrons. The van der Waals surface area contributed by atoms with Gasteiger partial charge in [-0.1, -0.05) is 26.0 Å². The van der Waals surface area contributed by atoms with Crippen LogP contribution in [0, 0.1) is 0 Å². The van der Waals surface area contributed by atoms with Gasteiger partial charge in [0, 0.05) is 29.6 Å². The second-order valence-electron chi connectivity index (χ2n) is 5.70. The predicted octanol–water partition coefficient (Wildman–Crippen LogP) is 4.02. The Morgan fingerprint density at radius 3 is 2.48 bits per heavy atom. The van der Waals surface area contributed by atoms with Gasteiger partial charge >= 0.3 is 0 Å². The fourth-order valence-electron chi connectivity index (χ4n) is 2.12. The van der Waals surface area contributed by atoms with Crippen molar-refractivity contribution in [3.8, 4) is 0 Å². The van der Waals surface area contributed by atoms with Gasteiger partial charge in [-0.3, -0.25) is 9.59 Å². The molecule has 0 fully saturated rings. The van der Waals surface area contributed by atoms with E-state index < -0.39 is 0 Å². The van der Waals surface area contributed by atoms with Crippen LogP contribution in [-0.4, -0.2) is 18.4 Å². The lowest BCUT2D eigenvalue weighted by Gasteiger charge is -2.08. The fraction of sp³-hybridized carbons (Fsp3) is 0.333. The van der Waals surface area contributed by atoms with Crippen LogP contribution in [0.3, 0.4) is 0 Å². The normalized spacial score (nSPS) is 10.6. The second kappa shape index (κ2) is 8.48. The number of rotatable bonds is 7. The Kier molecular flexibility index (Phi) is 6.35. The lowest BCUT2D eigenvalue weighted by molar-refractivity contribution is -0.116. The Morgan fingerprint density at radius 1 is 1.13 bits per heavy atom. The van der Waals surface area contributed by atoms with Crippen molar-refractivity contribution in [2.45, 2.75) is 32.6 Å². The molecule has 0 aliphatic heterocycles. The highest BCUT2D eigenvalue weighted by Crippen LogP contribution is 2.17. The van der Waals surface area contributed by atoms with Crippen molar-refractivity contribution >= 4 is 28.8 Å². The summed E-state index contributed by atoms with van der Waals surface area (Å²) in [6.07, 6.45) is 1.00. The quantitative estimate of drug-likeness (QED) is 0.753. The number of amides is 2. The maximum absolute atomic E-state index is 11.9. The van der Waals surface area contributed by atoms with E-state index in [-0.39, 0.29) is 11.8 Å². The van der Waals surface area contributed by atoms with Crippen LogP contribution >= 0.6 is 11.3 Å². The molecule has 0 unspecified atom stereocenters. The van der Waals surface area contributed by atoms with Crippen LogP contribution in [0.4, 0.5) is 5.69 Å². The number of hydrogen-bond acceptors (Lipinski definition) is 3. The third-order valence-corrected chi connectivity index (χ3v) is 4.19. The first-order valence-electron chi connectivity index (χ1n) is 7.76. The molecule has 0 spiro atoms. The molecule has 5 heteroatoms. The minimum atomic E-state index is -0.0871. The van der Waals surface area contributed by atoms with E-state index in [0.29, 0.717) is 30.9 Å². The lowest BCUT2D eigenvalue weighted by atomic mass is 10.0. The molecule has 2 aromatic rings. The number of carbonyl (C=O) groups excluding carboxylic acids is 2. The number of benzene rings is 1. The van der Waals surface area contributed by atoms with E-state index >= 15 is 0 Å². The molecule has 23 heavy (non-hydrogen) atoms. The standard InChI is InChI=1S/C18H22N2O2S/c1-13(2)14-5-7-16(8-6-14)20-17(21)4-3-10-19-18(22)15-9-11-23-12-15/h5-9,11-13H,3-4,10H2,1-2H3,(H,19,22)(H,20,21). The monoisotopic (exact) mass is 330 g/mol. The molecule has 1 heterocycles. The summed E-state index contributed by atoms with van der Waals surface area (Å²) >= 11 is 1.49. The molecule has 0 saturated heterocycles. The Morgan fingerprint density at radius 2 is 1.87 bits per heavy atom. The van der Waals surface area contributed by atoms with Crippen LogP contribution in [0.2, 0.25) is 0 Å². The Hall–Kier alpha value is -2.14.